The van der Waals surface area contributed by atoms with E-state index in [1.54, 1.807) is 11.4 Å². The molecule has 0 aliphatic carbocycles. The Bertz CT molecular complexity index is 312. The smallest absolute Gasteiger partial charge is 0.350 e. The minimum atomic E-state index is -0.468. The van der Waals surface area contributed by atoms with E-state index < -0.39 is 5.60 Å². The predicted octanol–water partition coefficient (Wildman–Crippen LogP) is 3.36. The highest BCUT2D eigenvalue weighted by atomic mass is 35.5. The summed E-state index contributed by atoms with van der Waals surface area (Å²) in [7, 11) is 0. The van der Waals surface area contributed by atoms with Crippen LogP contribution in [0, 0.1) is 0 Å². The summed E-state index contributed by atoms with van der Waals surface area (Å²) in [6.07, 6.45) is 0. The molecular weight excluding hydrogens is 208 g/mol. The molecule has 0 aliphatic rings. The Morgan fingerprint density at radius 3 is 2.54 bits per heavy atom. The van der Waals surface area contributed by atoms with Crippen molar-refractivity contribution in [3.05, 3.63) is 21.3 Å². The molecule has 0 bridgehead atoms. The summed E-state index contributed by atoms with van der Waals surface area (Å²) < 4.78 is 5.15. The van der Waals surface area contributed by atoms with Crippen LogP contribution in [0.3, 0.4) is 0 Å². The SMILES string of the molecule is CC(C)(C)OC(=O)c1sccc1Cl. The highest BCUT2D eigenvalue weighted by Gasteiger charge is 2.20. The molecule has 0 saturated carbocycles. The number of hydrogen-bond donors (Lipinski definition) is 0. The number of hydrogen-bond acceptors (Lipinski definition) is 3. The number of carbonyl (C=O) groups excluding carboxylic acids is 1. The molecule has 0 atom stereocenters. The molecule has 4 heteroatoms. The first-order valence-electron chi connectivity index (χ1n) is 3.86. The largest absolute Gasteiger partial charge is 0.456 e. The quantitative estimate of drug-likeness (QED) is 0.676. The van der Waals surface area contributed by atoms with Crippen LogP contribution in [0.1, 0.15) is 30.4 Å². The van der Waals surface area contributed by atoms with Gasteiger partial charge in [0.1, 0.15) is 10.5 Å². The van der Waals surface area contributed by atoms with Gasteiger partial charge in [0, 0.05) is 0 Å². The van der Waals surface area contributed by atoms with E-state index in [9.17, 15) is 4.79 Å². The van der Waals surface area contributed by atoms with Gasteiger partial charge in [0.2, 0.25) is 0 Å². The van der Waals surface area contributed by atoms with E-state index in [1.165, 1.54) is 11.3 Å². The lowest BCUT2D eigenvalue weighted by Gasteiger charge is -2.18. The summed E-state index contributed by atoms with van der Waals surface area (Å²) >= 11 is 7.06. The first-order chi connectivity index (χ1) is 5.90. The zero-order valence-electron chi connectivity index (χ0n) is 7.76. The van der Waals surface area contributed by atoms with Crippen LogP contribution in [-0.2, 0) is 4.74 Å². The highest BCUT2D eigenvalue weighted by Crippen LogP contribution is 2.24. The third-order valence-corrected chi connectivity index (χ3v) is 2.52. The molecule has 1 aromatic rings. The molecule has 0 fully saturated rings. The van der Waals surface area contributed by atoms with E-state index in [2.05, 4.69) is 0 Å². The molecule has 0 saturated heterocycles. The number of rotatable bonds is 1. The van der Waals surface area contributed by atoms with Crippen molar-refractivity contribution in [2.24, 2.45) is 0 Å². The fourth-order valence-corrected chi connectivity index (χ4v) is 1.77. The van der Waals surface area contributed by atoms with Crippen LogP contribution in [0.4, 0.5) is 0 Å². The van der Waals surface area contributed by atoms with Crippen LogP contribution in [-0.4, -0.2) is 11.6 Å². The molecule has 0 unspecified atom stereocenters. The third kappa shape index (κ3) is 3.01. The third-order valence-electron chi connectivity index (χ3n) is 1.20. The van der Waals surface area contributed by atoms with Gasteiger partial charge in [0.05, 0.1) is 5.02 Å². The van der Waals surface area contributed by atoms with Crippen molar-refractivity contribution in [2.45, 2.75) is 26.4 Å². The Balaban J connectivity index is 2.76. The lowest BCUT2D eigenvalue weighted by molar-refractivity contribution is 0.00755. The summed E-state index contributed by atoms with van der Waals surface area (Å²) in [6.45, 7) is 5.48. The average Bonchev–Trinajstić information content (AvgIpc) is 2.30. The maximum Gasteiger partial charge on any atom is 0.350 e. The van der Waals surface area contributed by atoms with Gasteiger partial charge < -0.3 is 4.74 Å². The lowest BCUT2D eigenvalue weighted by Crippen LogP contribution is -2.23. The van der Waals surface area contributed by atoms with Gasteiger partial charge >= 0.3 is 5.97 Å². The molecule has 0 aromatic carbocycles. The van der Waals surface area contributed by atoms with Gasteiger partial charge in [-0.25, -0.2) is 4.79 Å². The van der Waals surface area contributed by atoms with E-state index in [1.807, 2.05) is 20.8 Å². The Morgan fingerprint density at radius 1 is 1.54 bits per heavy atom. The van der Waals surface area contributed by atoms with Gasteiger partial charge in [-0.2, -0.15) is 0 Å². The Morgan fingerprint density at radius 2 is 2.15 bits per heavy atom. The predicted molar refractivity (Wildman–Crippen MR) is 54.5 cm³/mol. The number of carbonyl (C=O) groups is 1. The normalized spacial score (nSPS) is 11.4. The summed E-state index contributed by atoms with van der Waals surface area (Å²) in [4.78, 5) is 11.9. The molecule has 1 heterocycles. The Labute approximate surface area is 86.5 Å². The summed E-state index contributed by atoms with van der Waals surface area (Å²) in [5.41, 5.74) is -0.468. The number of thiophene rings is 1. The van der Waals surface area contributed by atoms with Crippen LogP contribution in [0.15, 0.2) is 11.4 Å². The van der Waals surface area contributed by atoms with Crippen LogP contribution in [0.5, 0.6) is 0 Å². The van der Waals surface area contributed by atoms with Crippen molar-refractivity contribution in [1.82, 2.24) is 0 Å². The molecule has 0 N–H and O–H groups in total. The van der Waals surface area contributed by atoms with Crippen molar-refractivity contribution in [3.8, 4) is 0 Å². The first kappa shape index (κ1) is 10.5. The standard InChI is InChI=1S/C9H11ClO2S/c1-9(2,3)12-8(11)7-6(10)4-5-13-7/h4-5H,1-3H3. The maximum absolute atomic E-state index is 11.4. The second-order valence-corrected chi connectivity index (χ2v) is 4.92. The van der Waals surface area contributed by atoms with E-state index in [0.717, 1.165) is 0 Å². The molecule has 13 heavy (non-hydrogen) atoms. The van der Waals surface area contributed by atoms with Crippen molar-refractivity contribution in [3.63, 3.8) is 0 Å². The molecule has 2 nitrogen and oxygen atoms in total. The molecular formula is C9H11ClO2S. The van der Waals surface area contributed by atoms with Crippen LogP contribution in [0.25, 0.3) is 0 Å². The van der Waals surface area contributed by atoms with Gasteiger partial charge in [-0.05, 0) is 32.2 Å². The zero-order chi connectivity index (χ0) is 10.1. The first-order valence-corrected chi connectivity index (χ1v) is 5.12. The molecule has 1 rings (SSSR count). The Kier molecular flexibility index (Phi) is 2.98. The van der Waals surface area contributed by atoms with Crippen LogP contribution in [0.2, 0.25) is 5.02 Å². The van der Waals surface area contributed by atoms with Crippen molar-refractivity contribution in [2.75, 3.05) is 0 Å². The maximum atomic E-state index is 11.4. The monoisotopic (exact) mass is 218 g/mol. The molecule has 0 spiro atoms. The Hall–Kier alpha value is -0.540. The van der Waals surface area contributed by atoms with E-state index in [0.29, 0.717) is 9.90 Å². The van der Waals surface area contributed by atoms with Gasteiger partial charge in [-0.15, -0.1) is 11.3 Å². The van der Waals surface area contributed by atoms with Crippen LogP contribution < -0.4 is 0 Å². The fourth-order valence-electron chi connectivity index (χ4n) is 0.764. The molecule has 72 valence electrons. The minimum Gasteiger partial charge on any atom is -0.456 e. The molecule has 1 aromatic heterocycles. The average molecular weight is 219 g/mol. The second-order valence-electron chi connectivity index (χ2n) is 3.60. The van der Waals surface area contributed by atoms with Crippen molar-refractivity contribution >= 4 is 28.9 Å². The topological polar surface area (TPSA) is 26.3 Å². The van der Waals surface area contributed by atoms with E-state index in [4.69, 9.17) is 16.3 Å². The summed E-state index contributed by atoms with van der Waals surface area (Å²) in [6, 6.07) is 1.69. The molecule has 0 amide bonds. The van der Waals surface area contributed by atoms with Gasteiger partial charge in [0.15, 0.2) is 0 Å². The minimum absolute atomic E-state index is 0.354. The molecule has 0 aliphatic heterocycles. The van der Waals surface area contributed by atoms with Crippen molar-refractivity contribution < 1.29 is 9.53 Å². The van der Waals surface area contributed by atoms with E-state index >= 15 is 0 Å². The molecule has 0 radical (unpaired) electrons. The number of halogens is 1. The highest BCUT2D eigenvalue weighted by molar-refractivity contribution is 7.12. The van der Waals surface area contributed by atoms with Gasteiger partial charge in [-0.3, -0.25) is 0 Å². The van der Waals surface area contributed by atoms with Gasteiger partial charge in [-0.1, -0.05) is 11.6 Å². The summed E-state index contributed by atoms with van der Waals surface area (Å²) in [5.74, 6) is -0.354. The van der Waals surface area contributed by atoms with Crippen LogP contribution >= 0.6 is 22.9 Å². The lowest BCUT2D eigenvalue weighted by atomic mass is 10.2. The second kappa shape index (κ2) is 3.68. The van der Waals surface area contributed by atoms with Crippen molar-refractivity contribution in [1.29, 1.82) is 0 Å². The fraction of sp³-hybridized carbons (Fsp3) is 0.444. The number of esters is 1. The number of ether oxygens (including phenoxy) is 1. The summed E-state index contributed by atoms with van der Waals surface area (Å²) in [5, 5.41) is 2.22. The van der Waals surface area contributed by atoms with Gasteiger partial charge in [0.25, 0.3) is 0 Å². The van der Waals surface area contributed by atoms with E-state index in [-0.39, 0.29) is 5.97 Å². The zero-order valence-corrected chi connectivity index (χ0v) is 9.33.